The van der Waals surface area contributed by atoms with Crippen LogP contribution >= 0.6 is 0 Å². The average Bonchev–Trinajstić information content (AvgIpc) is 2.64. The highest BCUT2D eigenvalue weighted by atomic mass is 19.3. The number of alkyl halides is 2. The first kappa shape index (κ1) is 18.0. The van der Waals surface area contributed by atoms with Gasteiger partial charge in [0.1, 0.15) is 5.82 Å². The van der Waals surface area contributed by atoms with Crippen molar-refractivity contribution >= 4 is 13.2 Å². The summed E-state index contributed by atoms with van der Waals surface area (Å²) in [6.07, 6.45) is -1.38. The van der Waals surface area contributed by atoms with Crippen LogP contribution in [0.3, 0.4) is 0 Å². The number of hydrogen-bond acceptors (Lipinski definition) is 3. The fourth-order valence-electron chi connectivity index (χ4n) is 2.21. The van der Waals surface area contributed by atoms with Crippen LogP contribution in [0.25, 0.3) is 6.08 Å². The Morgan fingerprint density at radius 2 is 1.78 bits per heavy atom. The molecule has 0 saturated carbocycles. The molecule has 1 fully saturated rings. The molecule has 0 aromatic heterocycles. The lowest BCUT2D eigenvalue weighted by Crippen LogP contribution is -2.41. The molecule has 1 saturated heterocycles. The zero-order valence-electron chi connectivity index (χ0n) is 13.6. The van der Waals surface area contributed by atoms with Gasteiger partial charge in [0.15, 0.2) is 0 Å². The Kier molecular flexibility index (Phi) is 4.94. The van der Waals surface area contributed by atoms with E-state index in [1.807, 2.05) is 27.7 Å². The molecule has 0 amide bonds. The fourth-order valence-corrected chi connectivity index (χ4v) is 2.21. The Morgan fingerprint density at radius 1 is 1.22 bits per heavy atom. The van der Waals surface area contributed by atoms with Crippen molar-refractivity contribution in [2.24, 2.45) is 0 Å². The minimum absolute atomic E-state index is 0.352. The Labute approximate surface area is 134 Å². The standard InChI is InChI=1S/C16H20BF3O3/c1-15(2)16(3,4)23-17(22-15)11(9-21)7-10-5-6-12(14(19)20)13(18)8-10/h5-8,14,21H,9H2,1-4H3. The summed E-state index contributed by atoms with van der Waals surface area (Å²) in [6, 6.07) is 3.40. The van der Waals surface area contributed by atoms with Crippen molar-refractivity contribution in [1.82, 2.24) is 0 Å². The summed E-state index contributed by atoms with van der Waals surface area (Å²) in [5.74, 6) is -0.986. The van der Waals surface area contributed by atoms with Crippen molar-refractivity contribution in [3.63, 3.8) is 0 Å². The lowest BCUT2D eigenvalue weighted by molar-refractivity contribution is 0.00578. The first-order valence-electron chi connectivity index (χ1n) is 7.32. The quantitative estimate of drug-likeness (QED) is 0.855. The third kappa shape index (κ3) is 3.62. The van der Waals surface area contributed by atoms with E-state index in [0.29, 0.717) is 11.0 Å². The second-order valence-electron chi connectivity index (χ2n) is 6.55. The minimum atomic E-state index is -2.87. The Morgan fingerprint density at radius 3 is 2.22 bits per heavy atom. The van der Waals surface area contributed by atoms with Crippen LogP contribution < -0.4 is 0 Å². The monoisotopic (exact) mass is 328 g/mol. The van der Waals surface area contributed by atoms with Gasteiger partial charge in [-0.05, 0) is 50.9 Å². The summed E-state index contributed by atoms with van der Waals surface area (Å²) in [4.78, 5) is 0. The maximum absolute atomic E-state index is 13.6. The maximum Gasteiger partial charge on any atom is 0.492 e. The molecule has 1 aromatic carbocycles. The van der Waals surface area contributed by atoms with Gasteiger partial charge in [-0.2, -0.15) is 0 Å². The van der Waals surface area contributed by atoms with Gasteiger partial charge in [0, 0.05) is 0 Å². The van der Waals surface area contributed by atoms with E-state index in [9.17, 15) is 18.3 Å². The van der Waals surface area contributed by atoms with Crippen molar-refractivity contribution in [1.29, 1.82) is 0 Å². The van der Waals surface area contributed by atoms with Gasteiger partial charge in [0.2, 0.25) is 0 Å². The van der Waals surface area contributed by atoms with Crippen LogP contribution in [0.1, 0.15) is 45.2 Å². The molecule has 0 unspecified atom stereocenters. The molecule has 7 heteroatoms. The van der Waals surface area contributed by atoms with Crippen molar-refractivity contribution in [3.05, 3.63) is 40.6 Å². The zero-order valence-corrected chi connectivity index (χ0v) is 13.6. The molecule has 1 aliphatic rings. The molecule has 3 nitrogen and oxygen atoms in total. The van der Waals surface area contributed by atoms with Crippen LogP contribution in [0.2, 0.25) is 0 Å². The van der Waals surface area contributed by atoms with Crippen LogP contribution in [0, 0.1) is 5.82 Å². The summed E-state index contributed by atoms with van der Waals surface area (Å²) >= 11 is 0. The maximum atomic E-state index is 13.6. The van der Waals surface area contributed by atoms with E-state index in [4.69, 9.17) is 9.31 Å². The summed E-state index contributed by atoms with van der Waals surface area (Å²) in [5.41, 5.74) is -1.05. The third-order valence-corrected chi connectivity index (χ3v) is 4.35. The number of hydrogen-bond donors (Lipinski definition) is 1. The van der Waals surface area contributed by atoms with Crippen molar-refractivity contribution in [2.75, 3.05) is 6.61 Å². The molecule has 0 radical (unpaired) electrons. The molecule has 1 heterocycles. The van der Waals surface area contributed by atoms with Gasteiger partial charge in [-0.25, -0.2) is 13.2 Å². The van der Waals surface area contributed by atoms with Gasteiger partial charge in [0.05, 0.1) is 23.4 Å². The topological polar surface area (TPSA) is 38.7 Å². The highest BCUT2D eigenvalue weighted by Crippen LogP contribution is 2.38. The molecule has 1 aliphatic heterocycles. The van der Waals surface area contributed by atoms with Crippen LogP contribution in [-0.2, 0) is 9.31 Å². The Balaban J connectivity index is 2.28. The van der Waals surface area contributed by atoms with Gasteiger partial charge < -0.3 is 14.4 Å². The molecule has 1 N–H and O–H groups in total. The molecule has 0 atom stereocenters. The predicted octanol–water partition coefficient (Wildman–Crippen LogP) is 3.77. The lowest BCUT2D eigenvalue weighted by Gasteiger charge is -2.32. The van der Waals surface area contributed by atoms with Gasteiger partial charge >= 0.3 is 7.12 Å². The number of aliphatic hydroxyl groups is 1. The fraction of sp³-hybridized carbons (Fsp3) is 0.500. The summed E-state index contributed by atoms with van der Waals surface area (Å²) in [5, 5.41) is 9.56. The van der Waals surface area contributed by atoms with Crippen LogP contribution in [-0.4, -0.2) is 30.0 Å². The molecule has 0 bridgehead atoms. The van der Waals surface area contributed by atoms with Crippen LogP contribution in [0.15, 0.2) is 23.7 Å². The smallest absolute Gasteiger partial charge is 0.400 e. The number of benzene rings is 1. The van der Waals surface area contributed by atoms with Gasteiger partial charge in [-0.15, -0.1) is 0 Å². The first-order valence-corrected chi connectivity index (χ1v) is 7.32. The number of rotatable bonds is 4. The lowest BCUT2D eigenvalue weighted by atomic mass is 9.77. The molecule has 0 spiro atoms. The molecular weight excluding hydrogens is 308 g/mol. The van der Waals surface area contributed by atoms with Gasteiger partial charge in [-0.1, -0.05) is 12.1 Å². The Hall–Kier alpha value is -1.31. The van der Waals surface area contributed by atoms with E-state index < -0.39 is 36.1 Å². The molecule has 0 aliphatic carbocycles. The first-order chi connectivity index (χ1) is 10.6. The van der Waals surface area contributed by atoms with Crippen molar-refractivity contribution in [3.8, 4) is 0 Å². The second-order valence-corrected chi connectivity index (χ2v) is 6.55. The largest absolute Gasteiger partial charge is 0.492 e. The highest BCUT2D eigenvalue weighted by molar-refractivity contribution is 6.55. The van der Waals surface area contributed by atoms with E-state index in [1.165, 1.54) is 12.1 Å². The third-order valence-electron chi connectivity index (χ3n) is 4.35. The summed E-state index contributed by atoms with van der Waals surface area (Å²) in [7, 11) is -0.775. The second kappa shape index (κ2) is 6.30. The van der Waals surface area contributed by atoms with Gasteiger partial charge in [-0.3, -0.25) is 0 Å². The average molecular weight is 328 g/mol. The molecule has 126 valence electrons. The minimum Gasteiger partial charge on any atom is -0.400 e. The van der Waals surface area contributed by atoms with E-state index in [2.05, 4.69) is 0 Å². The predicted molar refractivity (Wildman–Crippen MR) is 82.5 cm³/mol. The number of halogens is 3. The van der Waals surface area contributed by atoms with E-state index in [1.54, 1.807) is 0 Å². The van der Waals surface area contributed by atoms with Gasteiger partial charge in [0.25, 0.3) is 6.43 Å². The van der Waals surface area contributed by atoms with Crippen LogP contribution in [0.4, 0.5) is 13.2 Å². The summed E-state index contributed by atoms with van der Waals surface area (Å²) < 4.78 is 50.4. The van der Waals surface area contributed by atoms with E-state index in [-0.39, 0.29) is 6.61 Å². The molecule has 23 heavy (non-hydrogen) atoms. The zero-order chi connectivity index (χ0) is 17.4. The normalized spacial score (nSPS) is 20.4. The van der Waals surface area contributed by atoms with Crippen molar-refractivity contribution < 1.29 is 27.6 Å². The SMILES string of the molecule is CC1(C)OB(C(=Cc2ccc(C(F)F)c(F)c2)CO)OC1(C)C. The number of aliphatic hydroxyl groups excluding tert-OH is 1. The Bertz CT molecular complexity index is 599. The molecule has 2 rings (SSSR count). The molecule has 1 aromatic rings. The van der Waals surface area contributed by atoms with Crippen LogP contribution in [0.5, 0.6) is 0 Å². The summed E-state index contributed by atoms with van der Waals surface area (Å²) in [6.45, 7) is 7.14. The van der Waals surface area contributed by atoms with E-state index in [0.717, 1.165) is 12.1 Å². The molecular formula is C16H20BF3O3. The van der Waals surface area contributed by atoms with Crippen molar-refractivity contribution in [2.45, 2.75) is 45.3 Å². The highest BCUT2D eigenvalue weighted by Gasteiger charge is 2.52. The van der Waals surface area contributed by atoms with E-state index >= 15 is 0 Å².